The van der Waals surface area contributed by atoms with Gasteiger partial charge in [0.25, 0.3) is 11.8 Å². The van der Waals surface area contributed by atoms with Gasteiger partial charge in [-0.05, 0) is 80.9 Å². The van der Waals surface area contributed by atoms with Crippen LogP contribution in [0, 0.1) is 0 Å². The van der Waals surface area contributed by atoms with Crippen molar-refractivity contribution in [3.05, 3.63) is 88.6 Å². The van der Waals surface area contributed by atoms with E-state index in [0.717, 1.165) is 48.1 Å². The number of unbranched alkanes of at least 4 members (excludes halogenated alkanes) is 1. The first-order chi connectivity index (χ1) is 20.3. The number of fused-ring (bicyclic) bond motifs is 2. The Balaban J connectivity index is 1.19. The number of rotatable bonds is 11. The second kappa shape index (κ2) is 12.9. The summed E-state index contributed by atoms with van der Waals surface area (Å²) in [7, 11) is -3.94. The molecule has 1 aliphatic heterocycles. The van der Waals surface area contributed by atoms with Gasteiger partial charge in [0.2, 0.25) is 9.84 Å². The molecule has 0 radical (unpaired) electrons. The molecule has 2 amide bonds. The number of nitrogens with one attached hydrogen (secondary N) is 2. The van der Waals surface area contributed by atoms with Gasteiger partial charge in [0.15, 0.2) is 0 Å². The number of aromatic nitrogens is 2. The molecular weight excluding hydrogens is 571 g/mol. The van der Waals surface area contributed by atoms with Crippen molar-refractivity contribution in [2.75, 3.05) is 25.0 Å². The lowest BCUT2D eigenvalue weighted by molar-refractivity contribution is 0.0949. The lowest BCUT2D eigenvalue weighted by Gasteiger charge is -2.17. The van der Waals surface area contributed by atoms with E-state index in [1.807, 2.05) is 12.3 Å². The van der Waals surface area contributed by atoms with Crippen molar-refractivity contribution >= 4 is 38.7 Å². The minimum atomic E-state index is -3.94. The lowest BCUT2D eigenvalue weighted by Crippen LogP contribution is -2.23. The molecule has 3 heterocycles. The highest BCUT2D eigenvalue weighted by molar-refractivity contribution is 7.91. The second-order valence-corrected chi connectivity index (χ2v) is 13.0. The molecule has 0 atom stereocenters. The Morgan fingerprint density at radius 2 is 1.79 bits per heavy atom. The van der Waals surface area contributed by atoms with Crippen molar-refractivity contribution in [2.45, 2.75) is 49.4 Å². The molecule has 9 nitrogen and oxygen atoms in total. The number of hydrogen-bond donors (Lipinski definition) is 2. The molecule has 5 rings (SSSR count). The normalized spacial score (nSPS) is 13.6. The van der Waals surface area contributed by atoms with Crippen molar-refractivity contribution in [1.82, 2.24) is 20.2 Å². The smallest absolute Gasteiger partial charge is 0.257 e. The molecule has 0 saturated carbocycles. The van der Waals surface area contributed by atoms with Crippen LogP contribution in [0.4, 0.5) is 5.69 Å². The largest absolute Gasteiger partial charge is 0.347 e. The minimum Gasteiger partial charge on any atom is -0.347 e. The quantitative estimate of drug-likeness (QED) is 0.226. The first kappa shape index (κ1) is 29.6. The molecule has 0 aliphatic carbocycles. The van der Waals surface area contributed by atoms with Crippen molar-refractivity contribution in [1.29, 1.82) is 0 Å². The van der Waals surface area contributed by atoms with Gasteiger partial charge >= 0.3 is 0 Å². The highest BCUT2D eigenvalue weighted by atomic mass is 32.2. The Hall–Kier alpha value is -3.93. The summed E-state index contributed by atoms with van der Waals surface area (Å²) in [6.45, 7) is 7.92. The topological polar surface area (TPSA) is 121 Å². The van der Waals surface area contributed by atoms with Crippen LogP contribution in [0.2, 0.25) is 0 Å². The zero-order chi connectivity index (χ0) is 29.7. The van der Waals surface area contributed by atoms with Gasteiger partial charge in [-0.1, -0.05) is 32.0 Å². The SMILES string of the molecule is CCN(CC)CCCCc1ccc(-c2ncc(CNC(=O)c3ccc4c(c3)NC(=O)c3ccccc3S4(=O)=O)s2)nc1. The third-order valence-corrected chi connectivity index (χ3v) is 10.2. The van der Waals surface area contributed by atoms with Gasteiger partial charge < -0.3 is 15.5 Å². The summed E-state index contributed by atoms with van der Waals surface area (Å²) < 4.78 is 26.4. The maximum absolute atomic E-state index is 13.2. The number of hydrogen-bond acceptors (Lipinski definition) is 8. The molecule has 1 aliphatic rings. The number of thiazole rings is 1. The van der Waals surface area contributed by atoms with Crippen LogP contribution in [0.15, 0.2) is 76.8 Å². The highest BCUT2D eigenvalue weighted by Crippen LogP contribution is 2.34. The summed E-state index contributed by atoms with van der Waals surface area (Å²) in [5.74, 6) is -0.941. The predicted octanol–water partition coefficient (Wildman–Crippen LogP) is 5.20. The van der Waals surface area contributed by atoms with Crippen LogP contribution in [-0.4, -0.2) is 54.7 Å². The van der Waals surface area contributed by atoms with Gasteiger partial charge in [0, 0.05) is 22.8 Å². The van der Waals surface area contributed by atoms with Crippen LogP contribution >= 0.6 is 11.3 Å². The fourth-order valence-electron chi connectivity index (χ4n) is 4.88. The number of carbonyl (C=O) groups excluding carboxylic acids is 2. The zero-order valence-electron chi connectivity index (χ0n) is 23.6. The van der Waals surface area contributed by atoms with E-state index in [4.69, 9.17) is 0 Å². The van der Waals surface area contributed by atoms with Crippen LogP contribution in [0.3, 0.4) is 0 Å². The number of benzene rings is 2. The van der Waals surface area contributed by atoms with E-state index in [0.29, 0.717) is 0 Å². The molecule has 42 heavy (non-hydrogen) atoms. The number of pyridine rings is 1. The van der Waals surface area contributed by atoms with Crippen LogP contribution < -0.4 is 10.6 Å². The number of sulfone groups is 1. The monoisotopic (exact) mass is 603 g/mol. The van der Waals surface area contributed by atoms with Gasteiger partial charge in [0.05, 0.1) is 33.3 Å². The molecule has 2 N–H and O–H groups in total. The summed E-state index contributed by atoms with van der Waals surface area (Å²) in [6.07, 6.45) is 6.90. The average Bonchev–Trinajstić information content (AvgIpc) is 3.46. The number of nitrogens with zero attached hydrogens (tertiary/aromatic N) is 3. The van der Waals surface area contributed by atoms with E-state index in [2.05, 4.69) is 45.4 Å². The van der Waals surface area contributed by atoms with Gasteiger partial charge in [0.1, 0.15) is 5.01 Å². The van der Waals surface area contributed by atoms with Crippen molar-refractivity contribution < 1.29 is 18.0 Å². The maximum atomic E-state index is 13.2. The molecule has 0 saturated heterocycles. The molecule has 11 heteroatoms. The second-order valence-electron chi connectivity index (χ2n) is 10.0. The van der Waals surface area contributed by atoms with Crippen LogP contribution in [-0.2, 0) is 22.8 Å². The number of anilines is 1. The highest BCUT2D eigenvalue weighted by Gasteiger charge is 2.31. The first-order valence-corrected chi connectivity index (χ1v) is 16.3. The molecule has 218 valence electrons. The standard InChI is InChI=1S/C31H33N5O4S2/c1-3-36(4-2)16-8-7-9-21-12-14-25(32-18-21)31-34-20-23(41-31)19-33-29(37)22-13-15-28-26(17-22)35-30(38)24-10-5-6-11-27(24)42(28,39)40/h5-6,10-15,17-18,20H,3-4,7-9,16,19H2,1-2H3,(H,33,37)(H,35,38). The maximum Gasteiger partial charge on any atom is 0.257 e. The number of aryl methyl sites for hydroxylation is 1. The average molecular weight is 604 g/mol. The molecule has 2 aromatic carbocycles. The van der Waals surface area contributed by atoms with E-state index >= 15 is 0 Å². The Labute approximate surface area is 249 Å². The Bertz CT molecular complexity index is 1700. The Kier molecular flexibility index (Phi) is 9.10. The summed E-state index contributed by atoms with van der Waals surface area (Å²) in [5.41, 5.74) is 2.36. The van der Waals surface area contributed by atoms with E-state index < -0.39 is 21.7 Å². The van der Waals surface area contributed by atoms with E-state index in [-0.39, 0.29) is 33.2 Å². The van der Waals surface area contributed by atoms with Crippen molar-refractivity contribution in [3.63, 3.8) is 0 Å². The van der Waals surface area contributed by atoms with Crippen LogP contribution in [0.25, 0.3) is 10.7 Å². The van der Waals surface area contributed by atoms with Gasteiger partial charge in [-0.2, -0.15) is 0 Å². The van der Waals surface area contributed by atoms with Gasteiger partial charge in [-0.25, -0.2) is 13.4 Å². The minimum absolute atomic E-state index is 0.0531. The molecule has 2 aromatic heterocycles. The van der Waals surface area contributed by atoms with Crippen molar-refractivity contribution in [3.8, 4) is 10.7 Å². The lowest BCUT2D eigenvalue weighted by atomic mass is 10.1. The van der Waals surface area contributed by atoms with Gasteiger partial charge in [-0.3, -0.25) is 14.6 Å². The first-order valence-electron chi connectivity index (χ1n) is 14.0. The van der Waals surface area contributed by atoms with E-state index in [1.54, 1.807) is 18.3 Å². The molecule has 0 spiro atoms. The van der Waals surface area contributed by atoms with Crippen LogP contribution in [0.1, 0.15) is 57.8 Å². The van der Waals surface area contributed by atoms with Crippen molar-refractivity contribution in [2.24, 2.45) is 0 Å². The molecule has 0 unspecified atom stereocenters. The summed E-state index contributed by atoms with van der Waals surface area (Å²) in [6, 6.07) is 14.3. The van der Waals surface area contributed by atoms with Crippen LogP contribution in [0.5, 0.6) is 0 Å². The Morgan fingerprint density at radius 3 is 2.55 bits per heavy atom. The molecule has 0 bridgehead atoms. The fourth-order valence-corrected chi connectivity index (χ4v) is 7.30. The van der Waals surface area contributed by atoms with E-state index in [9.17, 15) is 18.0 Å². The zero-order valence-corrected chi connectivity index (χ0v) is 25.2. The third-order valence-electron chi connectivity index (χ3n) is 7.31. The summed E-state index contributed by atoms with van der Waals surface area (Å²) in [4.78, 5) is 37.9. The summed E-state index contributed by atoms with van der Waals surface area (Å²) in [5, 5.41) is 6.26. The Morgan fingerprint density at radius 1 is 0.976 bits per heavy atom. The number of carbonyl (C=O) groups is 2. The molecular formula is C31H33N5O4S2. The van der Waals surface area contributed by atoms with E-state index in [1.165, 1.54) is 53.7 Å². The fraction of sp³-hybridized carbons (Fsp3) is 0.290. The third kappa shape index (κ3) is 6.43. The summed E-state index contributed by atoms with van der Waals surface area (Å²) >= 11 is 1.45. The number of amides is 2. The molecule has 0 fully saturated rings. The van der Waals surface area contributed by atoms with Gasteiger partial charge in [-0.15, -0.1) is 11.3 Å². The predicted molar refractivity (Wildman–Crippen MR) is 164 cm³/mol. The molecule has 4 aromatic rings.